The van der Waals surface area contributed by atoms with Crippen molar-refractivity contribution in [2.24, 2.45) is 0 Å². The molecule has 1 aliphatic rings. The maximum Gasteiger partial charge on any atom is 0.133 e. The second kappa shape index (κ2) is 3.75. The van der Waals surface area contributed by atoms with E-state index in [9.17, 15) is 0 Å². The number of aryl methyl sites for hydroxylation is 1. The first-order valence-corrected chi connectivity index (χ1v) is 5.94. The van der Waals surface area contributed by atoms with Gasteiger partial charge >= 0.3 is 0 Å². The van der Waals surface area contributed by atoms with Crippen molar-refractivity contribution in [3.05, 3.63) is 28.0 Å². The van der Waals surface area contributed by atoms with E-state index in [1.54, 1.807) is 0 Å². The summed E-state index contributed by atoms with van der Waals surface area (Å²) in [5, 5.41) is 0.613. The molecule has 0 saturated carbocycles. The summed E-state index contributed by atoms with van der Waals surface area (Å²) in [6.45, 7) is 3.51. The lowest BCUT2D eigenvalue weighted by Crippen LogP contribution is -2.08. The van der Waals surface area contributed by atoms with Crippen LogP contribution in [0.4, 0.5) is 0 Å². The minimum atomic E-state index is 0.613. The summed E-state index contributed by atoms with van der Waals surface area (Å²) in [5.41, 5.74) is 5.56. The van der Waals surface area contributed by atoms with E-state index in [0.29, 0.717) is 11.8 Å². The van der Waals surface area contributed by atoms with Gasteiger partial charge in [-0.15, -0.1) is 0 Å². The van der Waals surface area contributed by atoms with Crippen molar-refractivity contribution in [3.63, 3.8) is 0 Å². The number of H-pyrrole nitrogens is 1. The van der Waals surface area contributed by atoms with E-state index in [2.05, 4.69) is 23.0 Å². The van der Waals surface area contributed by atoms with E-state index >= 15 is 0 Å². The Hall–Kier alpha value is -1.06. The summed E-state index contributed by atoms with van der Waals surface area (Å²) in [6.07, 6.45) is 1.84. The average molecular weight is 237 g/mol. The molecule has 0 bridgehead atoms. The highest BCUT2D eigenvalue weighted by atomic mass is 35.5. The normalized spacial score (nSPS) is 15.4. The monoisotopic (exact) mass is 236 g/mol. The summed E-state index contributed by atoms with van der Waals surface area (Å²) < 4.78 is 5.46. The molecule has 0 radical (unpaired) electrons. The van der Waals surface area contributed by atoms with Gasteiger partial charge in [-0.25, -0.2) is 4.98 Å². The average Bonchev–Trinajstić information content (AvgIpc) is 2.66. The first-order chi connectivity index (χ1) is 7.79. The van der Waals surface area contributed by atoms with Crippen molar-refractivity contribution in [1.29, 1.82) is 0 Å². The van der Waals surface area contributed by atoms with Gasteiger partial charge in [-0.1, -0.05) is 18.5 Å². The highest BCUT2D eigenvalue weighted by Crippen LogP contribution is 2.28. The number of rotatable bonds is 1. The van der Waals surface area contributed by atoms with Crippen LogP contribution < -0.4 is 0 Å². The number of nitrogens with one attached hydrogen (secondary N) is 1. The molecule has 0 fully saturated rings. The van der Waals surface area contributed by atoms with Crippen LogP contribution in [0.2, 0.25) is 5.15 Å². The highest BCUT2D eigenvalue weighted by molar-refractivity contribution is 6.30. The molecule has 0 aromatic carbocycles. The largest absolute Gasteiger partial charge is 0.376 e. The fraction of sp³-hybridized carbons (Fsp3) is 0.417. The SMILES string of the molecule is CCc1cc2[nH]c3c(c2nc1Cl)COCC3. The molecule has 0 aliphatic carbocycles. The van der Waals surface area contributed by atoms with Crippen LogP contribution in [0.3, 0.4) is 0 Å². The number of aromatic nitrogens is 2. The molecule has 0 saturated heterocycles. The third-order valence-electron chi connectivity index (χ3n) is 3.11. The van der Waals surface area contributed by atoms with Crippen LogP contribution in [0.25, 0.3) is 11.0 Å². The Bertz CT molecular complexity index is 547. The van der Waals surface area contributed by atoms with Gasteiger partial charge < -0.3 is 9.72 Å². The maximum atomic E-state index is 6.14. The van der Waals surface area contributed by atoms with Gasteiger partial charge in [0, 0.05) is 17.7 Å². The van der Waals surface area contributed by atoms with Gasteiger partial charge in [-0.3, -0.25) is 0 Å². The molecule has 0 amide bonds. The molecular formula is C12H13ClN2O. The van der Waals surface area contributed by atoms with E-state index in [-0.39, 0.29) is 0 Å². The highest BCUT2D eigenvalue weighted by Gasteiger charge is 2.17. The molecule has 0 atom stereocenters. The van der Waals surface area contributed by atoms with E-state index in [1.807, 2.05) is 0 Å². The lowest BCUT2D eigenvalue weighted by molar-refractivity contribution is 0.111. The molecule has 2 aromatic rings. The van der Waals surface area contributed by atoms with E-state index in [1.165, 1.54) is 11.3 Å². The number of halogens is 1. The zero-order valence-electron chi connectivity index (χ0n) is 9.14. The zero-order valence-corrected chi connectivity index (χ0v) is 9.90. The number of nitrogens with zero attached hydrogens (tertiary/aromatic N) is 1. The molecule has 0 spiro atoms. The minimum absolute atomic E-state index is 0.613. The molecule has 84 valence electrons. The fourth-order valence-electron chi connectivity index (χ4n) is 2.20. The molecule has 3 nitrogen and oxygen atoms in total. The van der Waals surface area contributed by atoms with Gasteiger partial charge in [0.15, 0.2) is 0 Å². The van der Waals surface area contributed by atoms with Crippen molar-refractivity contribution in [2.45, 2.75) is 26.4 Å². The van der Waals surface area contributed by atoms with E-state index < -0.39 is 0 Å². The number of hydrogen-bond donors (Lipinski definition) is 1. The quantitative estimate of drug-likeness (QED) is 0.774. The van der Waals surface area contributed by atoms with Crippen LogP contribution in [0.5, 0.6) is 0 Å². The molecule has 0 unspecified atom stereocenters. The lowest BCUT2D eigenvalue weighted by Gasteiger charge is -2.11. The van der Waals surface area contributed by atoms with Crippen molar-refractivity contribution in [2.75, 3.05) is 6.61 Å². The molecule has 1 aliphatic heterocycles. The van der Waals surface area contributed by atoms with Gasteiger partial charge in [0.2, 0.25) is 0 Å². The second-order valence-electron chi connectivity index (χ2n) is 4.07. The Kier molecular flexibility index (Phi) is 2.37. The number of aromatic amines is 1. The van der Waals surface area contributed by atoms with Gasteiger partial charge in [-0.05, 0) is 18.1 Å². The van der Waals surface area contributed by atoms with Gasteiger partial charge in [0.1, 0.15) is 5.15 Å². The molecule has 16 heavy (non-hydrogen) atoms. The van der Waals surface area contributed by atoms with Crippen LogP contribution in [0, 0.1) is 0 Å². The Morgan fingerprint density at radius 3 is 3.25 bits per heavy atom. The number of pyridine rings is 1. The maximum absolute atomic E-state index is 6.14. The van der Waals surface area contributed by atoms with Crippen LogP contribution in [-0.2, 0) is 24.2 Å². The summed E-state index contributed by atoms with van der Waals surface area (Å²) in [4.78, 5) is 7.89. The Morgan fingerprint density at radius 1 is 1.56 bits per heavy atom. The van der Waals surface area contributed by atoms with E-state index in [4.69, 9.17) is 16.3 Å². The third kappa shape index (κ3) is 1.43. The molecule has 2 aromatic heterocycles. The van der Waals surface area contributed by atoms with Gasteiger partial charge in [0.05, 0.1) is 24.2 Å². The van der Waals surface area contributed by atoms with Gasteiger partial charge in [-0.2, -0.15) is 0 Å². The first-order valence-electron chi connectivity index (χ1n) is 5.56. The predicted molar refractivity (Wildman–Crippen MR) is 63.8 cm³/mol. The van der Waals surface area contributed by atoms with Gasteiger partial charge in [0.25, 0.3) is 0 Å². The number of hydrogen-bond acceptors (Lipinski definition) is 2. The fourth-order valence-corrected chi connectivity index (χ4v) is 2.48. The topological polar surface area (TPSA) is 37.9 Å². The van der Waals surface area contributed by atoms with Crippen molar-refractivity contribution in [3.8, 4) is 0 Å². The summed E-state index contributed by atoms with van der Waals surface area (Å²) in [6, 6.07) is 2.10. The molecule has 1 N–H and O–H groups in total. The first kappa shape index (κ1) is 10.1. The van der Waals surface area contributed by atoms with Crippen LogP contribution in [0.15, 0.2) is 6.07 Å². The van der Waals surface area contributed by atoms with Crippen molar-refractivity contribution < 1.29 is 4.74 Å². The standard InChI is InChI=1S/C12H13ClN2O/c1-2-7-5-10-11(15-12(7)13)8-6-16-4-3-9(8)14-10/h5,14H,2-4,6H2,1H3. The molecule has 3 heterocycles. The molecule has 3 rings (SSSR count). The Morgan fingerprint density at radius 2 is 2.44 bits per heavy atom. The summed E-state index contributed by atoms with van der Waals surface area (Å²) >= 11 is 6.14. The smallest absolute Gasteiger partial charge is 0.133 e. The predicted octanol–water partition coefficient (Wildman–Crippen LogP) is 2.85. The minimum Gasteiger partial charge on any atom is -0.376 e. The van der Waals surface area contributed by atoms with Crippen LogP contribution >= 0.6 is 11.6 Å². The van der Waals surface area contributed by atoms with Crippen molar-refractivity contribution >= 4 is 22.6 Å². The van der Waals surface area contributed by atoms with Crippen molar-refractivity contribution in [1.82, 2.24) is 9.97 Å². The summed E-state index contributed by atoms with van der Waals surface area (Å²) in [5.74, 6) is 0. The lowest BCUT2D eigenvalue weighted by atomic mass is 10.1. The third-order valence-corrected chi connectivity index (χ3v) is 3.44. The Labute approximate surface area is 98.8 Å². The zero-order chi connectivity index (χ0) is 11.1. The second-order valence-corrected chi connectivity index (χ2v) is 4.43. The van der Waals surface area contributed by atoms with Crippen LogP contribution in [0.1, 0.15) is 23.7 Å². The van der Waals surface area contributed by atoms with Crippen LogP contribution in [-0.4, -0.2) is 16.6 Å². The summed E-state index contributed by atoms with van der Waals surface area (Å²) in [7, 11) is 0. The molecule has 4 heteroatoms. The van der Waals surface area contributed by atoms with E-state index in [0.717, 1.165) is 36.0 Å². The number of fused-ring (bicyclic) bond motifs is 3. The molecular weight excluding hydrogens is 224 g/mol. The number of ether oxygens (including phenoxy) is 1. The Balaban J connectivity index is 2.27.